The predicted octanol–water partition coefficient (Wildman–Crippen LogP) is 4.17. The van der Waals surface area contributed by atoms with Gasteiger partial charge in [0, 0.05) is 23.5 Å². The molecule has 0 fully saturated rings. The minimum Gasteiger partial charge on any atom is -0.488 e. The second kappa shape index (κ2) is 6.76. The smallest absolute Gasteiger partial charge is 0.123 e. The van der Waals surface area contributed by atoms with Crippen molar-refractivity contribution in [3.63, 3.8) is 0 Å². The normalized spacial score (nSPS) is 19.3. The van der Waals surface area contributed by atoms with E-state index in [1.807, 2.05) is 6.07 Å². The van der Waals surface area contributed by atoms with Crippen molar-refractivity contribution in [2.24, 2.45) is 5.92 Å². The Labute approximate surface area is 125 Å². The number of ether oxygens (including phenoxy) is 1. The van der Waals surface area contributed by atoms with Gasteiger partial charge in [-0.2, -0.15) is 0 Å². The Morgan fingerprint density at radius 1 is 1.32 bits per heavy atom. The molecule has 0 aromatic heterocycles. The molecular formula is C16H24BrNO. The number of hydrogen-bond donors (Lipinski definition) is 1. The van der Waals surface area contributed by atoms with Gasteiger partial charge >= 0.3 is 0 Å². The van der Waals surface area contributed by atoms with Crippen molar-refractivity contribution in [1.82, 2.24) is 5.32 Å². The summed E-state index contributed by atoms with van der Waals surface area (Å²) in [4.78, 5) is 0. The fourth-order valence-electron chi connectivity index (χ4n) is 2.42. The molecule has 1 aliphatic heterocycles. The largest absolute Gasteiger partial charge is 0.488 e. The summed E-state index contributed by atoms with van der Waals surface area (Å²) in [6.07, 6.45) is 3.82. The zero-order chi connectivity index (χ0) is 13.8. The van der Waals surface area contributed by atoms with Gasteiger partial charge in [0.15, 0.2) is 0 Å². The van der Waals surface area contributed by atoms with Crippen LogP contribution in [-0.4, -0.2) is 18.7 Å². The Hall–Kier alpha value is -0.540. The lowest BCUT2D eigenvalue weighted by atomic mass is 10.0. The molecule has 0 radical (unpaired) electrons. The van der Waals surface area contributed by atoms with Gasteiger partial charge in [-0.25, -0.2) is 0 Å². The molecule has 106 valence electrons. The highest BCUT2D eigenvalue weighted by atomic mass is 79.9. The summed E-state index contributed by atoms with van der Waals surface area (Å²) in [5.41, 5.74) is 1.32. The van der Waals surface area contributed by atoms with E-state index in [9.17, 15) is 0 Å². The molecule has 0 saturated heterocycles. The first kappa shape index (κ1) is 14.9. The number of halogens is 1. The van der Waals surface area contributed by atoms with Gasteiger partial charge in [-0.1, -0.05) is 29.8 Å². The summed E-state index contributed by atoms with van der Waals surface area (Å²) < 4.78 is 7.09. The maximum absolute atomic E-state index is 5.95. The third-order valence-electron chi connectivity index (χ3n) is 3.63. The number of rotatable bonds is 6. The Kier molecular flexibility index (Phi) is 5.28. The summed E-state index contributed by atoms with van der Waals surface area (Å²) in [5, 5.41) is 3.59. The van der Waals surface area contributed by atoms with Gasteiger partial charge < -0.3 is 10.1 Å². The van der Waals surface area contributed by atoms with E-state index in [4.69, 9.17) is 4.74 Å². The first-order valence-electron chi connectivity index (χ1n) is 7.23. The number of benzene rings is 1. The highest BCUT2D eigenvalue weighted by Crippen LogP contribution is 2.30. The Bertz CT molecular complexity index is 419. The van der Waals surface area contributed by atoms with Gasteiger partial charge in [0.25, 0.3) is 0 Å². The van der Waals surface area contributed by atoms with Crippen LogP contribution in [0.25, 0.3) is 0 Å². The minimum atomic E-state index is 0.283. The lowest BCUT2D eigenvalue weighted by molar-refractivity contribution is 0.220. The second-order valence-corrected chi connectivity index (χ2v) is 6.89. The lowest BCUT2D eigenvalue weighted by Gasteiger charge is -2.18. The summed E-state index contributed by atoms with van der Waals surface area (Å²) in [6, 6.07) is 6.83. The number of fused-ring (bicyclic) bond motifs is 1. The highest BCUT2D eigenvalue weighted by molar-refractivity contribution is 9.10. The predicted molar refractivity (Wildman–Crippen MR) is 83.8 cm³/mol. The van der Waals surface area contributed by atoms with Crippen LogP contribution in [0.15, 0.2) is 22.7 Å². The molecule has 1 heterocycles. The molecular weight excluding hydrogens is 302 g/mol. The third kappa shape index (κ3) is 4.50. The number of nitrogens with one attached hydrogen (secondary N) is 1. The van der Waals surface area contributed by atoms with Gasteiger partial charge in [-0.15, -0.1) is 0 Å². The van der Waals surface area contributed by atoms with Crippen LogP contribution in [0.3, 0.4) is 0 Å². The Morgan fingerprint density at radius 3 is 2.84 bits per heavy atom. The molecule has 0 amide bonds. The van der Waals surface area contributed by atoms with E-state index < -0.39 is 0 Å². The van der Waals surface area contributed by atoms with Crippen LogP contribution < -0.4 is 10.1 Å². The van der Waals surface area contributed by atoms with E-state index in [1.165, 1.54) is 18.4 Å². The average molecular weight is 326 g/mol. The van der Waals surface area contributed by atoms with E-state index >= 15 is 0 Å². The van der Waals surface area contributed by atoms with Crippen LogP contribution in [0.5, 0.6) is 5.75 Å². The molecule has 1 N–H and O–H groups in total. The molecule has 0 aliphatic carbocycles. The zero-order valence-electron chi connectivity index (χ0n) is 12.1. The van der Waals surface area contributed by atoms with E-state index in [0.717, 1.165) is 29.1 Å². The van der Waals surface area contributed by atoms with Crippen LogP contribution in [-0.2, 0) is 6.42 Å². The minimum absolute atomic E-state index is 0.283. The number of hydrogen-bond acceptors (Lipinski definition) is 2. The van der Waals surface area contributed by atoms with Gasteiger partial charge in [-0.05, 0) is 49.4 Å². The average Bonchev–Trinajstić information content (AvgIpc) is 2.75. The molecule has 3 heteroatoms. The van der Waals surface area contributed by atoms with E-state index in [1.54, 1.807) is 0 Å². The van der Waals surface area contributed by atoms with Crippen LogP contribution in [0.4, 0.5) is 0 Å². The molecule has 1 aromatic rings. The van der Waals surface area contributed by atoms with Gasteiger partial charge in [0.05, 0.1) is 0 Å². The van der Waals surface area contributed by atoms with Gasteiger partial charge in [0.2, 0.25) is 0 Å². The van der Waals surface area contributed by atoms with E-state index in [2.05, 4.69) is 54.2 Å². The Morgan fingerprint density at radius 2 is 2.11 bits per heavy atom. The third-order valence-corrected chi connectivity index (χ3v) is 4.13. The molecule has 0 bridgehead atoms. The first-order valence-corrected chi connectivity index (χ1v) is 8.02. The molecule has 0 saturated carbocycles. The quantitative estimate of drug-likeness (QED) is 0.847. The van der Waals surface area contributed by atoms with Crippen molar-refractivity contribution in [1.29, 1.82) is 0 Å². The maximum atomic E-state index is 5.95. The fraction of sp³-hybridized carbons (Fsp3) is 0.625. The van der Waals surface area contributed by atoms with Crippen LogP contribution in [0.2, 0.25) is 0 Å². The maximum Gasteiger partial charge on any atom is 0.123 e. The first-order chi connectivity index (χ1) is 9.04. The van der Waals surface area contributed by atoms with Crippen molar-refractivity contribution in [2.75, 3.05) is 6.54 Å². The summed E-state index contributed by atoms with van der Waals surface area (Å²) in [6.45, 7) is 7.76. The highest BCUT2D eigenvalue weighted by Gasteiger charge is 2.23. The SMILES string of the molecule is CC(C)CCC(C)NCC1Cc2cc(Br)ccc2O1. The van der Waals surface area contributed by atoms with Crippen LogP contribution >= 0.6 is 15.9 Å². The fourth-order valence-corrected chi connectivity index (χ4v) is 2.83. The standard InChI is InChI=1S/C16H24BrNO/c1-11(2)4-5-12(3)18-10-15-9-13-8-14(17)6-7-16(13)19-15/h6-8,11-12,15,18H,4-5,9-10H2,1-3H3. The molecule has 0 spiro atoms. The van der Waals surface area contributed by atoms with Crippen molar-refractivity contribution < 1.29 is 4.74 Å². The summed E-state index contributed by atoms with van der Waals surface area (Å²) >= 11 is 3.51. The van der Waals surface area contributed by atoms with Crippen LogP contribution in [0, 0.1) is 5.92 Å². The summed E-state index contributed by atoms with van der Waals surface area (Å²) in [7, 11) is 0. The van der Waals surface area contributed by atoms with Crippen molar-refractivity contribution in [3.8, 4) is 5.75 Å². The molecule has 2 atom stereocenters. The van der Waals surface area contributed by atoms with Crippen molar-refractivity contribution in [2.45, 2.75) is 52.2 Å². The molecule has 2 nitrogen and oxygen atoms in total. The molecule has 1 aromatic carbocycles. The molecule has 2 rings (SSSR count). The monoisotopic (exact) mass is 325 g/mol. The van der Waals surface area contributed by atoms with Gasteiger partial charge in [-0.3, -0.25) is 0 Å². The van der Waals surface area contributed by atoms with E-state index in [-0.39, 0.29) is 6.10 Å². The lowest BCUT2D eigenvalue weighted by Crippen LogP contribution is -2.36. The second-order valence-electron chi connectivity index (χ2n) is 5.98. The molecule has 19 heavy (non-hydrogen) atoms. The van der Waals surface area contributed by atoms with Crippen LogP contribution in [0.1, 0.15) is 39.2 Å². The van der Waals surface area contributed by atoms with Crippen molar-refractivity contribution in [3.05, 3.63) is 28.2 Å². The molecule has 1 aliphatic rings. The van der Waals surface area contributed by atoms with Crippen molar-refractivity contribution >= 4 is 15.9 Å². The van der Waals surface area contributed by atoms with Gasteiger partial charge in [0.1, 0.15) is 11.9 Å². The topological polar surface area (TPSA) is 21.3 Å². The summed E-state index contributed by atoms with van der Waals surface area (Å²) in [5.74, 6) is 1.83. The van der Waals surface area contributed by atoms with E-state index in [0.29, 0.717) is 6.04 Å². The zero-order valence-corrected chi connectivity index (χ0v) is 13.7. The molecule has 2 unspecified atom stereocenters. The Balaban J connectivity index is 1.75.